The van der Waals surface area contributed by atoms with E-state index in [2.05, 4.69) is 0 Å². The highest BCUT2D eigenvalue weighted by Crippen LogP contribution is 2.32. The van der Waals surface area contributed by atoms with Gasteiger partial charge in [0.05, 0.1) is 5.39 Å². The summed E-state index contributed by atoms with van der Waals surface area (Å²) >= 11 is 5.94. The van der Waals surface area contributed by atoms with Crippen molar-refractivity contribution in [2.45, 2.75) is 20.5 Å². The second-order valence-electron chi connectivity index (χ2n) is 6.87. The van der Waals surface area contributed by atoms with Gasteiger partial charge in [0, 0.05) is 10.6 Å². The Balaban J connectivity index is 1.84. The molecule has 4 aromatic rings. The third kappa shape index (κ3) is 3.67. The number of rotatable bonds is 4. The topological polar surface area (TPSA) is 39.4 Å². The molecule has 0 saturated carbocycles. The second-order valence-corrected chi connectivity index (χ2v) is 7.31. The van der Waals surface area contributed by atoms with E-state index < -0.39 is 0 Å². The van der Waals surface area contributed by atoms with Gasteiger partial charge in [0.15, 0.2) is 5.76 Å². The minimum Gasteiger partial charge on any atom is -0.481 e. The van der Waals surface area contributed by atoms with Gasteiger partial charge in [0.25, 0.3) is 0 Å². The zero-order chi connectivity index (χ0) is 19.7. The van der Waals surface area contributed by atoms with Crippen molar-refractivity contribution >= 4 is 22.6 Å². The smallest absolute Gasteiger partial charge is 0.235 e. The van der Waals surface area contributed by atoms with Gasteiger partial charge in [-0.05, 0) is 49.2 Å². The van der Waals surface area contributed by atoms with Gasteiger partial charge in [0.2, 0.25) is 11.2 Å². The Kier molecular flexibility index (Phi) is 4.93. The third-order valence-corrected chi connectivity index (χ3v) is 4.87. The molecule has 0 amide bonds. The van der Waals surface area contributed by atoms with Gasteiger partial charge in [-0.3, -0.25) is 4.79 Å². The van der Waals surface area contributed by atoms with Crippen LogP contribution in [0, 0.1) is 13.8 Å². The average Bonchev–Trinajstić information content (AvgIpc) is 2.69. The Bertz CT molecular complexity index is 1190. The maximum Gasteiger partial charge on any atom is 0.235 e. The van der Waals surface area contributed by atoms with E-state index in [1.807, 2.05) is 62.4 Å². The molecule has 0 aliphatic heterocycles. The molecule has 0 unspecified atom stereocenters. The lowest BCUT2D eigenvalue weighted by Gasteiger charge is -2.12. The Labute approximate surface area is 168 Å². The van der Waals surface area contributed by atoms with Crippen LogP contribution in [0.1, 0.15) is 16.7 Å². The van der Waals surface area contributed by atoms with Crippen LogP contribution in [-0.4, -0.2) is 0 Å². The average molecular weight is 391 g/mol. The summed E-state index contributed by atoms with van der Waals surface area (Å²) in [5.74, 6) is 0.659. The molecule has 4 heteroatoms. The number of ether oxygens (including phenoxy) is 1. The molecule has 0 saturated heterocycles. The standard InChI is InChI=1S/C24H19ClO3/c1-15-3-8-18(9-4-15)23-24(27-14-17-6-10-19(25)11-7-17)22(26)20-12-5-16(2)13-21(20)28-23/h3-13H,14H2,1-2H3. The van der Waals surface area contributed by atoms with Crippen molar-refractivity contribution in [3.05, 3.63) is 98.7 Å². The maximum absolute atomic E-state index is 13.2. The fourth-order valence-corrected chi connectivity index (χ4v) is 3.17. The van der Waals surface area contributed by atoms with Crippen LogP contribution in [0.3, 0.4) is 0 Å². The van der Waals surface area contributed by atoms with Crippen molar-refractivity contribution in [2.24, 2.45) is 0 Å². The van der Waals surface area contributed by atoms with Gasteiger partial charge in [-0.15, -0.1) is 0 Å². The van der Waals surface area contributed by atoms with Crippen molar-refractivity contribution in [3.63, 3.8) is 0 Å². The number of fused-ring (bicyclic) bond motifs is 1. The monoisotopic (exact) mass is 390 g/mol. The molecule has 3 nitrogen and oxygen atoms in total. The summed E-state index contributed by atoms with van der Waals surface area (Å²) in [5.41, 5.74) is 4.26. The molecule has 3 aromatic carbocycles. The van der Waals surface area contributed by atoms with Crippen molar-refractivity contribution in [1.82, 2.24) is 0 Å². The number of hydrogen-bond acceptors (Lipinski definition) is 3. The van der Waals surface area contributed by atoms with Crippen molar-refractivity contribution in [3.8, 4) is 17.1 Å². The molecule has 0 aliphatic rings. The minimum atomic E-state index is -0.175. The van der Waals surface area contributed by atoms with Crippen LogP contribution in [-0.2, 0) is 6.61 Å². The van der Waals surface area contributed by atoms with Crippen molar-refractivity contribution in [2.75, 3.05) is 0 Å². The zero-order valence-electron chi connectivity index (χ0n) is 15.7. The van der Waals surface area contributed by atoms with Crippen molar-refractivity contribution in [1.29, 1.82) is 0 Å². The first-order chi connectivity index (χ1) is 13.5. The van der Waals surface area contributed by atoms with Crippen LogP contribution in [0.25, 0.3) is 22.3 Å². The molecule has 0 fully saturated rings. The van der Waals surface area contributed by atoms with E-state index in [-0.39, 0.29) is 17.8 Å². The van der Waals surface area contributed by atoms with Gasteiger partial charge >= 0.3 is 0 Å². The summed E-state index contributed by atoms with van der Waals surface area (Å²) in [5, 5.41) is 1.16. The SMILES string of the molecule is Cc1ccc(-c2oc3cc(C)ccc3c(=O)c2OCc2ccc(Cl)cc2)cc1. The zero-order valence-corrected chi connectivity index (χ0v) is 16.4. The molecular weight excluding hydrogens is 372 g/mol. The normalized spacial score (nSPS) is 11.0. The van der Waals surface area contributed by atoms with E-state index in [0.29, 0.717) is 21.8 Å². The molecule has 1 aromatic heterocycles. The van der Waals surface area contributed by atoms with Gasteiger partial charge in [-0.1, -0.05) is 59.6 Å². The number of aryl methyl sites for hydroxylation is 2. The summed E-state index contributed by atoms with van der Waals surface area (Å²) in [7, 11) is 0. The van der Waals surface area contributed by atoms with Gasteiger partial charge in [0.1, 0.15) is 12.2 Å². The molecular formula is C24H19ClO3. The molecule has 0 bridgehead atoms. The predicted molar refractivity (Wildman–Crippen MR) is 113 cm³/mol. The quantitative estimate of drug-likeness (QED) is 0.410. The lowest BCUT2D eigenvalue weighted by Crippen LogP contribution is -2.10. The van der Waals surface area contributed by atoms with Gasteiger partial charge < -0.3 is 9.15 Å². The summed E-state index contributed by atoms with van der Waals surface area (Å²) in [6.45, 7) is 4.23. The Hall–Kier alpha value is -3.04. The first-order valence-corrected chi connectivity index (χ1v) is 9.41. The fraction of sp³-hybridized carbons (Fsp3) is 0.125. The highest BCUT2D eigenvalue weighted by atomic mass is 35.5. The predicted octanol–water partition coefficient (Wildman–Crippen LogP) is 6.31. The molecule has 0 aliphatic carbocycles. The van der Waals surface area contributed by atoms with Gasteiger partial charge in [-0.25, -0.2) is 0 Å². The largest absolute Gasteiger partial charge is 0.481 e. The molecule has 0 atom stereocenters. The van der Waals surface area contributed by atoms with E-state index in [9.17, 15) is 4.79 Å². The van der Waals surface area contributed by atoms with Gasteiger partial charge in [-0.2, -0.15) is 0 Å². The molecule has 140 valence electrons. The molecule has 4 rings (SSSR count). The van der Waals surface area contributed by atoms with E-state index in [1.54, 1.807) is 18.2 Å². The third-order valence-electron chi connectivity index (χ3n) is 4.62. The van der Waals surface area contributed by atoms with Crippen LogP contribution in [0.15, 0.2) is 75.9 Å². The second kappa shape index (κ2) is 7.53. The first kappa shape index (κ1) is 18.3. The summed E-state index contributed by atoms with van der Waals surface area (Å²) < 4.78 is 12.1. The first-order valence-electron chi connectivity index (χ1n) is 9.03. The van der Waals surface area contributed by atoms with Crippen LogP contribution >= 0.6 is 11.6 Å². The molecule has 28 heavy (non-hydrogen) atoms. The van der Waals surface area contributed by atoms with E-state index in [1.165, 1.54) is 0 Å². The molecule has 0 spiro atoms. The highest BCUT2D eigenvalue weighted by molar-refractivity contribution is 6.30. The Morgan fingerprint density at radius 2 is 1.57 bits per heavy atom. The van der Waals surface area contributed by atoms with E-state index >= 15 is 0 Å². The lowest BCUT2D eigenvalue weighted by molar-refractivity contribution is 0.298. The van der Waals surface area contributed by atoms with Crippen LogP contribution in [0.5, 0.6) is 5.75 Å². The summed E-state index contributed by atoms with van der Waals surface area (Å²) in [6, 6.07) is 20.7. The summed E-state index contributed by atoms with van der Waals surface area (Å²) in [4.78, 5) is 13.2. The summed E-state index contributed by atoms with van der Waals surface area (Å²) in [6.07, 6.45) is 0. The lowest BCUT2D eigenvalue weighted by atomic mass is 10.1. The number of halogens is 1. The van der Waals surface area contributed by atoms with Crippen LogP contribution in [0.2, 0.25) is 5.02 Å². The molecule has 1 heterocycles. The molecule has 0 N–H and O–H groups in total. The van der Waals surface area contributed by atoms with Crippen LogP contribution in [0.4, 0.5) is 0 Å². The minimum absolute atomic E-state index is 0.175. The van der Waals surface area contributed by atoms with Crippen molar-refractivity contribution < 1.29 is 9.15 Å². The Morgan fingerprint density at radius 3 is 2.29 bits per heavy atom. The van der Waals surface area contributed by atoms with Crippen LogP contribution < -0.4 is 10.2 Å². The number of benzene rings is 3. The maximum atomic E-state index is 13.2. The number of hydrogen-bond donors (Lipinski definition) is 0. The fourth-order valence-electron chi connectivity index (χ4n) is 3.05. The molecule has 0 radical (unpaired) electrons. The highest BCUT2D eigenvalue weighted by Gasteiger charge is 2.18. The Morgan fingerprint density at radius 1 is 0.893 bits per heavy atom. The van der Waals surface area contributed by atoms with E-state index in [4.69, 9.17) is 20.8 Å². The van der Waals surface area contributed by atoms with E-state index in [0.717, 1.165) is 22.3 Å².